The molecular weight excluding hydrogens is 364 g/mol. The number of rotatable bonds is 0. The zero-order chi connectivity index (χ0) is 19.8. The largest absolute Gasteiger partial charge is 0.458 e. The summed E-state index contributed by atoms with van der Waals surface area (Å²) >= 11 is 0. The lowest BCUT2D eigenvalue weighted by molar-refractivity contribution is -0.234. The van der Waals surface area contributed by atoms with Crippen LogP contribution in [0.5, 0.6) is 0 Å². The Morgan fingerprint density at radius 2 is 1.79 bits per heavy atom. The molecule has 0 amide bonds. The second-order valence-electron chi connectivity index (χ2n) is 13.1. The predicted octanol–water partition coefficient (Wildman–Crippen LogP) is 3.64. The third kappa shape index (κ3) is 1.33. The minimum atomic E-state index is -0.764. The highest BCUT2D eigenvalue weighted by Crippen LogP contribution is 3.04. The van der Waals surface area contributed by atoms with Crippen LogP contribution in [0.25, 0.3) is 0 Å². The van der Waals surface area contributed by atoms with E-state index in [2.05, 4.69) is 13.8 Å². The van der Waals surface area contributed by atoms with Gasteiger partial charge in [-0.05, 0) is 80.0 Å². The molecule has 0 radical (unpaired) electrons. The Labute approximate surface area is 172 Å². The second-order valence-corrected chi connectivity index (χ2v) is 13.1. The molecule has 0 aromatic rings. The Morgan fingerprint density at radius 1 is 1.00 bits per heavy atom. The molecule has 1 saturated heterocycles. The molecule has 0 bridgehead atoms. The van der Waals surface area contributed by atoms with Crippen molar-refractivity contribution < 1.29 is 19.4 Å². The molecule has 29 heavy (non-hydrogen) atoms. The summed E-state index contributed by atoms with van der Waals surface area (Å²) in [7, 11) is 0. The third-order valence-corrected chi connectivity index (χ3v) is 12.9. The van der Waals surface area contributed by atoms with Crippen LogP contribution in [0.2, 0.25) is 0 Å². The van der Waals surface area contributed by atoms with Crippen molar-refractivity contribution in [2.24, 2.45) is 51.2 Å². The maximum atomic E-state index is 12.3. The molecule has 156 valence electrons. The van der Waals surface area contributed by atoms with Crippen molar-refractivity contribution in [1.29, 1.82) is 0 Å². The number of ketones is 1. The molecule has 8 aliphatic rings. The Balaban J connectivity index is 1.27. The molecule has 9 atom stereocenters. The Kier molecular flexibility index (Phi) is 2.37. The van der Waals surface area contributed by atoms with Gasteiger partial charge in [0.25, 0.3) is 0 Å². The number of carbonyl (C=O) groups is 2. The molecule has 0 aromatic carbocycles. The molecule has 1 heterocycles. The van der Waals surface area contributed by atoms with Gasteiger partial charge in [0.05, 0.1) is 5.60 Å². The molecule has 8 rings (SSSR count). The van der Waals surface area contributed by atoms with E-state index in [1.54, 1.807) is 0 Å². The van der Waals surface area contributed by atoms with Gasteiger partial charge in [-0.25, -0.2) is 0 Å². The zero-order valence-corrected chi connectivity index (χ0v) is 17.6. The first-order valence-corrected chi connectivity index (χ1v) is 12.1. The zero-order valence-electron chi connectivity index (χ0n) is 17.6. The third-order valence-electron chi connectivity index (χ3n) is 12.9. The van der Waals surface area contributed by atoms with Crippen LogP contribution < -0.4 is 0 Å². The summed E-state index contributed by atoms with van der Waals surface area (Å²) in [4.78, 5) is 24.7. The number of aliphatic hydroxyl groups is 1. The van der Waals surface area contributed by atoms with Crippen LogP contribution in [-0.2, 0) is 14.3 Å². The number of hydrogen-bond donors (Lipinski definition) is 1. The molecule has 7 aliphatic carbocycles. The Bertz CT molecular complexity index is 918. The topological polar surface area (TPSA) is 63.6 Å². The van der Waals surface area contributed by atoms with Crippen LogP contribution in [0.1, 0.15) is 78.1 Å². The number of ether oxygens (including phenoxy) is 1. The van der Waals surface area contributed by atoms with Crippen LogP contribution in [0, 0.1) is 51.2 Å². The van der Waals surface area contributed by atoms with E-state index in [0.29, 0.717) is 59.7 Å². The minimum absolute atomic E-state index is 0.0381. The second kappa shape index (κ2) is 4.10. The van der Waals surface area contributed by atoms with Gasteiger partial charge in [-0.15, -0.1) is 0 Å². The average molecular weight is 397 g/mol. The summed E-state index contributed by atoms with van der Waals surface area (Å²) in [6.45, 7) is 4.81. The van der Waals surface area contributed by atoms with E-state index in [1.165, 1.54) is 12.8 Å². The lowest BCUT2D eigenvalue weighted by atomic mass is 9.40. The van der Waals surface area contributed by atoms with E-state index in [0.717, 1.165) is 32.1 Å². The summed E-state index contributed by atoms with van der Waals surface area (Å²) in [5, 5.41) is 11.9. The first kappa shape index (κ1) is 16.8. The molecule has 0 aromatic heterocycles. The summed E-state index contributed by atoms with van der Waals surface area (Å²) in [5.41, 5.74) is -0.189. The molecule has 1 N–H and O–H groups in total. The number of esters is 1. The Hall–Kier alpha value is -0.900. The SMILES string of the molecule is C[C@]12CCC3C(C1C14CC1(C4)[C@@]21CCC(=O)O1)[C@H]1C[C@H]1[C@]1(O)CC(=O)CC[C@]31C. The number of carbonyl (C=O) groups excluding carboxylic acids is 2. The van der Waals surface area contributed by atoms with Crippen molar-refractivity contribution in [1.82, 2.24) is 0 Å². The van der Waals surface area contributed by atoms with Crippen molar-refractivity contribution in [2.45, 2.75) is 89.3 Å². The van der Waals surface area contributed by atoms with Gasteiger partial charge in [0, 0.05) is 35.5 Å². The van der Waals surface area contributed by atoms with Crippen molar-refractivity contribution in [3.8, 4) is 0 Å². The molecule has 1 spiro atoms. The summed E-state index contributed by atoms with van der Waals surface area (Å²) in [6, 6.07) is 0. The van der Waals surface area contributed by atoms with E-state index in [9.17, 15) is 14.7 Å². The van der Waals surface area contributed by atoms with E-state index >= 15 is 0 Å². The smallest absolute Gasteiger partial charge is 0.306 e. The van der Waals surface area contributed by atoms with Crippen molar-refractivity contribution >= 4 is 11.8 Å². The van der Waals surface area contributed by atoms with Crippen LogP contribution in [0.15, 0.2) is 0 Å². The number of hydrogen-bond acceptors (Lipinski definition) is 4. The highest BCUT2D eigenvalue weighted by molar-refractivity contribution is 5.81. The minimum Gasteiger partial charge on any atom is -0.458 e. The highest BCUT2D eigenvalue weighted by atomic mass is 16.6. The maximum Gasteiger partial charge on any atom is 0.306 e. The monoisotopic (exact) mass is 396 g/mol. The first-order valence-electron chi connectivity index (χ1n) is 12.1. The van der Waals surface area contributed by atoms with Gasteiger partial charge in [0.15, 0.2) is 0 Å². The molecule has 8 fully saturated rings. The quantitative estimate of drug-likeness (QED) is 0.635. The van der Waals surface area contributed by atoms with Gasteiger partial charge in [0.1, 0.15) is 11.4 Å². The lowest BCUT2D eigenvalue weighted by Gasteiger charge is -2.65. The summed E-state index contributed by atoms with van der Waals surface area (Å²) in [5.74, 6) is 3.09. The molecular formula is C25H32O4. The fourth-order valence-corrected chi connectivity index (χ4v) is 11.6. The number of Topliss-reactive ketones (excluding diaryl/α,β-unsaturated/α-hetero) is 1. The normalized spacial score (nSPS) is 70.1. The van der Waals surface area contributed by atoms with Crippen molar-refractivity contribution in [3.05, 3.63) is 0 Å². The van der Waals surface area contributed by atoms with E-state index < -0.39 is 5.60 Å². The molecule has 3 unspecified atom stereocenters. The molecule has 4 nitrogen and oxygen atoms in total. The van der Waals surface area contributed by atoms with Gasteiger partial charge in [-0.3, -0.25) is 9.59 Å². The fraction of sp³-hybridized carbons (Fsp3) is 0.920. The molecule has 1 aliphatic heterocycles. The lowest BCUT2D eigenvalue weighted by Crippen LogP contribution is -2.66. The van der Waals surface area contributed by atoms with Crippen LogP contribution in [0.4, 0.5) is 0 Å². The number of fused-ring (bicyclic) bond motifs is 9. The van der Waals surface area contributed by atoms with Gasteiger partial charge in [0.2, 0.25) is 0 Å². The summed E-state index contributed by atoms with van der Waals surface area (Å²) < 4.78 is 6.34. The predicted molar refractivity (Wildman–Crippen MR) is 103 cm³/mol. The van der Waals surface area contributed by atoms with Gasteiger partial charge >= 0.3 is 5.97 Å². The van der Waals surface area contributed by atoms with Gasteiger partial charge in [-0.1, -0.05) is 13.8 Å². The van der Waals surface area contributed by atoms with E-state index in [4.69, 9.17) is 4.74 Å². The van der Waals surface area contributed by atoms with E-state index in [-0.39, 0.29) is 28.2 Å². The maximum absolute atomic E-state index is 12.3. The fourth-order valence-electron chi connectivity index (χ4n) is 11.6. The van der Waals surface area contributed by atoms with Crippen molar-refractivity contribution in [3.63, 3.8) is 0 Å². The standard InChI is InChI=1S/C25H32O4/c1-20-6-3-13(26)10-24(20,28)16-9-14(16)18-15(20)4-7-21(2)19(18)22-11-23(22,12-22)25(21)8-5-17(27)29-25/h14-16,18-19,28H,3-12H2,1-2H3/t14-,15?,16+,18?,19?,20+,21-,22?,23?,24+,25+/m0/s1. The molecule has 7 saturated carbocycles. The van der Waals surface area contributed by atoms with E-state index in [1.807, 2.05) is 0 Å². The first-order chi connectivity index (χ1) is 13.7. The van der Waals surface area contributed by atoms with Crippen LogP contribution in [-0.4, -0.2) is 28.1 Å². The average Bonchev–Trinajstić information content (AvgIpc) is 3.56. The van der Waals surface area contributed by atoms with Gasteiger partial charge < -0.3 is 9.84 Å². The van der Waals surface area contributed by atoms with Crippen molar-refractivity contribution in [2.75, 3.05) is 0 Å². The Morgan fingerprint density at radius 3 is 2.52 bits per heavy atom. The molecule has 4 heteroatoms. The summed E-state index contributed by atoms with van der Waals surface area (Å²) in [6.07, 6.45) is 9.43. The van der Waals surface area contributed by atoms with Crippen LogP contribution >= 0.6 is 0 Å². The van der Waals surface area contributed by atoms with Gasteiger partial charge in [-0.2, -0.15) is 0 Å². The highest BCUT2D eigenvalue weighted by Gasteiger charge is 3.03. The van der Waals surface area contributed by atoms with Crippen LogP contribution in [0.3, 0.4) is 0 Å².